The summed E-state index contributed by atoms with van der Waals surface area (Å²) in [5, 5.41) is 1.05. The van der Waals surface area contributed by atoms with Crippen LogP contribution >= 0.6 is 15.9 Å². The molecule has 1 aliphatic rings. The molecule has 0 amide bonds. The molecule has 0 atom stereocenters. The van der Waals surface area contributed by atoms with Gasteiger partial charge in [-0.1, -0.05) is 47.0 Å². The van der Waals surface area contributed by atoms with Crippen molar-refractivity contribution in [3.05, 3.63) is 30.3 Å². The number of benzene rings is 1. The molecule has 0 N–H and O–H groups in total. The molecule has 18 heavy (non-hydrogen) atoms. The van der Waals surface area contributed by atoms with Gasteiger partial charge in [-0.2, -0.15) is 0 Å². The summed E-state index contributed by atoms with van der Waals surface area (Å²) in [7, 11) is 0. The number of para-hydroxylation sites is 1. The smallest absolute Gasteiger partial charge is 0.119 e. The van der Waals surface area contributed by atoms with Crippen molar-refractivity contribution in [3.8, 4) is 5.75 Å². The van der Waals surface area contributed by atoms with E-state index in [0.717, 1.165) is 36.8 Å². The maximum atomic E-state index is 5.79. The molecule has 3 heteroatoms. The van der Waals surface area contributed by atoms with Gasteiger partial charge in [0.15, 0.2) is 0 Å². The lowest BCUT2D eigenvalue weighted by Crippen LogP contribution is -2.37. The first-order valence-corrected chi connectivity index (χ1v) is 8.00. The van der Waals surface area contributed by atoms with Crippen LogP contribution in [0.15, 0.2) is 30.3 Å². The molecule has 1 aromatic carbocycles. The highest BCUT2D eigenvalue weighted by molar-refractivity contribution is 9.09. The van der Waals surface area contributed by atoms with E-state index in [9.17, 15) is 0 Å². The van der Waals surface area contributed by atoms with Crippen molar-refractivity contribution in [2.75, 3.05) is 25.0 Å². The quantitative estimate of drug-likeness (QED) is 0.712. The van der Waals surface area contributed by atoms with Gasteiger partial charge in [-0.3, -0.25) is 4.90 Å². The van der Waals surface area contributed by atoms with Crippen molar-refractivity contribution >= 4 is 15.9 Å². The maximum Gasteiger partial charge on any atom is 0.119 e. The third-order valence-electron chi connectivity index (χ3n) is 3.60. The van der Waals surface area contributed by atoms with Crippen molar-refractivity contribution < 1.29 is 4.74 Å². The molecule has 1 saturated carbocycles. The molecule has 2 rings (SSSR count). The molecule has 0 aromatic heterocycles. The van der Waals surface area contributed by atoms with Crippen LogP contribution in [0.3, 0.4) is 0 Å². The van der Waals surface area contributed by atoms with Gasteiger partial charge in [-0.05, 0) is 25.0 Å². The third-order valence-corrected chi connectivity index (χ3v) is 3.96. The van der Waals surface area contributed by atoms with Gasteiger partial charge in [0.2, 0.25) is 0 Å². The van der Waals surface area contributed by atoms with Gasteiger partial charge < -0.3 is 4.74 Å². The van der Waals surface area contributed by atoms with Gasteiger partial charge in [0.1, 0.15) is 12.4 Å². The molecule has 2 nitrogen and oxygen atoms in total. The van der Waals surface area contributed by atoms with Gasteiger partial charge >= 0.3 is 0 Å². The van der Waals surface area contributed by atoms with Crippen LogP contribution < -0.4 is 4.74 Å². The number of hydrogen-bond acceptors (Lipinski definition) is 2. The second-order valence-electron chi connectivity index (χ2n) is 4.82. The average Bonchev–Trinajstić information content (AvgIpc) is 2.93. The highest BCUT2D eigenvalue weighted by Crippen LogP contribution is 2.23. The Morgan fingerprint density at radius 2 is 1.83 bits per heavy atom. The normalized spacial score (nSPS) is 16.3. The predicted octanol–water partition coefficient (Wildman–Crippen LogP) is 3.70. The molecule has 0 unspecified atom stereocenters. The van der Waals surface area contributed by atoms with E-state index in [1.165, 1.54) is 25.7 Å². The summed E-state index contributed by atoms with van der Waals surface area (Å²) >= 11 is 3.55. The second-order valence-corrected chi connectivity index (χ2v) is 5.62. The monoisotopic (exact) mass is 311 g/mol. The molecule has 1 fully saturated rings. The average molecular weight is 312 g/mol. The van der Waals surface area contributed by atoms with E-state index in [-0.39, 0.29) is 0 Å². The van der Waals surface area contributed by atoms with Crippen LogP contribution in [0.2, 0.25) is 0 Å². The highest BCUT2D eigenvalue weighted by Gasteiger charge is 2.21. The number of halogens is 1. The number of ether oxygens (including phenoxy) is 1. The molecule has 0 heterocycles. The Kier molecular flexibility index (Phi) is 6.01. The van der Waals surface area contributed by atoms with E-state index >= 15 is 0 Å². The zero-order valence-electron chi connectivity index (χ0n) is 10.9. The Bertz CT molecular complexity index is 325. The third kappa shape index (κ3) is 4.29. The van der Waals surface area contributed by atoms with E-state index < -0.39 is 0 Å². The van der Waals surface area contributed by atoms with E-state index in [4.69, 9.17) is 4.74 Å². The molecular formula is C15H22BrNO. The molecule has 0 radical (unpaired) electrons. The van der Waals surface area contributed by atoms with Gasteiger partial charge in [0.05, 0.1) is 0 Å². The topological polar surface area (TPSA) is 12.5 Å². The van der Waals surface area contributed by atoms with Crippen LogP contribution in [-0.4, -0.2) is 36.0 Å². The minimum absolute atomic E-state index is 0.780. The first-order valence-electron chi connectivity index (χ1n) is 6.88. The van der Waals surface area contributed by atoms with E-state index in [1.807, 2.05) is 30.3 Å². The SMILES string of the molecule is BrCCN(CCOc1ccccc1)C1CCCC1. The van der Waals surface area contributed by atoms with Crippen molar-refractivity contribution in [1.29, 1.82) is 0 Å². The standard InChI is InChI=1S/C15H22BrNO/c16-10-11-17(14-6-4-5-7-14)12-13-18-15-8-2-1-3-9-15/h1-3,8-9,14H,4-7,10-13H2. The first kappa shape index (κ1) is 13.9. The summed E-state index contributed by atoms with van der Waals surface area (Å²) in [6.07, 6.45) is 5.50. The van der Waals surface area contributed by atoms with Crippen molar-refractivity contribution in [2.45, 2.75) is 31.7 Å². The Labute approximate surface area is 118 Å². The summed E-state index contributed by atoms with van der Waals surface area (Å²) < 4.78 is 5.79. The Morgan fingerprint density at radius 3 is 2.50 bits per heavy atom. The van der Waals surface area contributed by atoms with Crippen LogP contribution in [0.5, 0.6) is 5.75 Å². The van der Waals surface area contributed by atoms with Crippen LogP contribution in [0, 0.1) is 0 Å². The molecule has 0 bridgehead atoms. The van der Waals surface area contributed by atoms with Crippen LogP contribution in [0.4, 0.5) is 0 Å². The Balaban J connectivity index is 1.75. The minimum atomic E-state index is 0.780. The van der Waals surface area contributed by atoms with Crippen LogP contribution in [-0.2, 0) is 0 Å². The van der Waals surface area contributed by atoms with Crippen molar-refractivity contribution in [2.24, 2.45) is 0 Å². The molecule has 1 aromatic rings. The Morgan fingerprint density at radius 1 is 1.11 bits per heavy atom. The van der Waals surface area contributed by atoms with Crippen LogP contribution in [0.1, 0.15) is 25.7 Å². The van der Waals surface area contributed by atoms with Gasteiger partial charge in [-0.25, -0.2) is 0 Å². The lowest BCUT2D eigenvalue weighted by molar-refractivity contribution is 0.169. The maximum absolute atomic E-state index is 5.79. The fourth-order valence-corrected chi connectivity index (χ4v) is 3.11. The number of rotatable bonds is 7. The van der Waals surface area contributed by atoms with Crippen molar-refractivity contribution in [1.82, 2.24) is 4.90 Å². The molecule has 1 aliphatic carbocycles. The summed E-state index contributed by atoms with van der Waals surface area (Å²) in [6, 6.07) is 10.9. The van der Waals surface area contributed by atoms with Crippen molar-refractivity contribution in [3.63, 3.8) is 0 Å². The fraction of sp³-hybridized carbons (Fsp3) is 0.600. The van der Waals surface area contributed by atoms with Gasteiger partial charge in [-0.15, -0.1) is 0 Å². The van der Waals surface area contributed by atoms with Gasteiger partial charge in [0, 0.05) is 24.5 Å². The molecule has 100 valence electrons. The molecule has 0 aliphatic heterocycles. The summed E-state index contributed by atoms with van der Waals surface area (Å²) in [5.41, 5.74) is 0. The highest BCUT2D eigenvalue weighted by atomic mass is 79.9. The lowest BCUT2D eigenvalue weighted by Gasteiger charge is -2.27. The lowest BCUT2D eigenvalue weighted by atomic mass is 10.2. The van der Waals surface area contributed by atoms with Gasteiger partial charge in [0.25, 0.3) is 0 Å². The zero-order chi connectivity index (χ0) is 12.6. The summed E-state index contributed by atoms with van der Waals surface area (Å²) in [5.74, 6) is 0.975. The molecule has 0 spiro atoms. The second kappa shape index (κ2) is 7.80. The predicted molar refractivity (Wildman–Crippen MR) is 79.6 cm³/mol. The Hall–Kier alpha value is -0.540. The summed E-state index contributed by atoms with van der Waals surface area (Å²) in [4.78, 5) is 2.57. The number of alkyl halides is 1. The fourth-order valence-electron chi connectivity index (χ4n) is 2.65. The first-order chi connectivity index (χ1) is 8.90. The number of hydrogen-bond donors (Lipinski definition) is 0. The zero-order valence-corrected chi connectivity index (χ0v) is 12.4. The number of nitrogens with zero attached hydrogens (tertiary/aromatic N) is 1. The largest absolute Gasteiger partial charge is 0.492 e. The minimum Gasteiger partial charge on any atom is -0.492 e. The van der Waals surface area contributed by atoms with E-state index in [0.29, 0.717) is 0 Å². The molecule has 0 saturated heterocycles. The van der Waals surface area contributed by atoms with Crippen LogP contribution in [0.25, 0.3) is 0 Å². The molecular weight excluding hydrogens is 290 g/mol. The van der Waals surface area contributed by atoms with E-state index in [2.05, 4.69) is 20.8 Å². The van der Waals surface area contributed by atoms with E-state index in [1.54, 1.807) is 0 Å². The summed E-state index contributed by atoms with van der Waals surface area (Å²) in [6.45, 7) is 2.95.